The van der Waals surface area contributed by atoms with Crippen molar-refractivity contribution >= 4 is 5.91 Å². The van der Waals surface area contributed by atoms with Gasteiger partial charge in [0.1, 0.15) is 5.69 Å². The number of aromatic nitrogens is 2. The van der Waals surface area contributed by atoms with Crippen LogP contribution < -0.4 is 16.6 Å². The summed E-state index contributed by atoms with van der Waals surface area (Å²) in [6, 6.07) is 0.453. The number of carbonyl (C=O) groups is 1. The zero-order valence-electron chi connectivity index (χ0n) is 13.7. The number of nitrogens with zero attached hydrogens (tertiary/aromatic N) is 2. The van der Waals surface area contributed by atoms with Gasteiger partial charge < -0.3 is 10.4 Å². The Labute approximate surface area is 134 Å². The highest BCUT2D eigenvalue weighted by Crippen LogP contribution is 2.21. The molecule has 0 aromatic carbocycles. The van der Waals surface area contributed by atoms with Crippen molar-refractivity contribution in [3.05, 3.63) is 57.9 Å². The van der Waals surface area contributed by atoms with E-state index in [4.69, 9.17) is 0 Å². The average Bonchev–Trinajstić information content (AvgIpc) is 2.49. The van der Waals surface area contributed by atoms with Crippen molar-refractivity contribution < 1.29 is 9.90 Å². The maximum absolute atomic E-state index is 12.4. The number of carbonyl (C=O) groups excluding carboxylic acids is 1. The number of nitrogens with one attached hydrogen (secondary N) is 1. The molecule has 7 heteroatoms. The summed E-state index contributed by atoms with van der Waals surface area (Å²) in [6.45, 7) is 8.84. The van der Waals surface area contributed by atoms with Gasteiger partial charge in [0, 0.05) is 20.2 Å². The van der Waals surface area contributed by atoms with Crippen molar-refractivity contribution in [2.75, 3.05) is 0 Å². The minimum atomic E-state index is -1.24. The summed E-state index contributed by atoms with van der Waals surface area (Å²) < 4.78 is 2.00. The van der Waals surface area contributed by atoms with Gasteiger partial charge in [-0.2, -0.15) is 0 Å². The number of hydrogen-bond donors (Lipinski definition) is 2. The van der Waals surface area contributed by atoms with E-state index in [-0.39, 0.29) is 18.5 Å². The molecule has 1 heterocycles. The van der Waals surface area contributed by atoms with Gasteiger partial charge in [-0.15, -0.1) is 13.2 Å². The highest BCUT2D eigenvalue weighted by Gasteiger charge is 2.33. The number of aliphatic hydroxyl groups is 1. The molecule has 0 fully saturated rings. The zero-order valence-corrected chi connectivity index (χ0v) is 13.7. The molecule has 0 spiro atoms. The lowest BCUT2D eigenvalue weighted by Gasteiger charge is -2.33. The molecule has 0 saturated carbocycles. The summed E-state index contributed by atoms with van der Waals surface area (Å²) in [4.78, 5) is 35.9. The largest absolute Gasteiger partial charge is 0.387 e. The molecular weight excluding hydrogens is 298 g/mol. The Hall–Kier alpha value is -2.41. The van der Waals surface area contributed by atoms with Crippen LogP contribution in [0.4, 0.5) is 0 Å². The van der Waals surface area contributed by atoms with Crippen LogP contribution in [-0.2, 0) is 14.1 Å². The van der Waals surface area contributed by atoms with Crippen molar-refractivity contribution in [1.29, 1.82) is 0 Å². The monoisotopic (exact) mass is 321 g/mol. The Morgan fingerprint density at radius 1 is 1.30 bits per heavy atom. The zero-order chi connectivity index (χ0) is 17.8. The van der Waals surface area contributed by atoms with Gasteiger partial charge in [-0.25, -0.2) is 4.79 Å². The first-order valence-corrected chi connectivity index (χ1v) is 7.20. The summed E-state index contributed by atoms with van der Waals surface area (Å²) >= 11 is 0. The summed E-state index contributed by atoms with van der Waals surface area (Å²) in [5.41, 5.74) is -2.47. The van der Waals surface area contributed by atoms with Crippen LogP contribution in [0.3, 0.4) is 0 Å². The van der Waals surface area contributed by atoms with Crippen molar-refractivity contribution in [3.8, 4) is 0 Å². The Bertz CT molecular complexity index is 720. The predicted octanol–water partition coefficient (Wildman–Crippen LogP) is 0.0856. The second-order valence-electron chi connectivity index (χ2n) is 5.55. The van der Waals surface area contributed by atoms with Gasteiger partial charge in [-0.1, -0.05) is 12.2 Å². The summed E-state index contributed by atoms with van der Waals surface area (Å²) in [5, 5.41) is 13.2. The minimum Gasteiger partial charge on any atom is -0.387 e. The molecule has 126 valence electrons. The van der Waals surface area contributed by atoms with E-state index in [2.05, 4.69) is 18.5 Å². The third-order valence-corrected chi connectivity index (χ3v) is 3.91. The Morgan fingerprint density at radius 2 is 1.83 bits per heavy atom. The van der Waals surface area contributed by atoms with E-state index in [0.717, 1.165) is 15.2 Å². The van der Waals surface area contributed by atoms with Gasteiger partial charge in [0.15, 0.2) is 0 Å². The Balaban J connectivity index is 3.13. The van der Waals surface area contributed by atoms with E-state index >= 15 is 0 Å². The molecule has 0 aliphatic heterocycles. The second kappa shape index (κ2) is 7.23. The van der Waals surface area contributed by atoms with Crippen molar-refractivity contribution in [2.45, 2.75) is 31.4 Å². The van der Waals surface area contributed by atoms with Crippen LogP contribution in [0, 0.1) is 0 Å². The number of amides is 1. The van der Waals surface area contributed by atoms with E-state index in [9.17, 15) is 19.5 Å². The SMILES string of the molecule is C=CCC(O)(CC=C)C(C)NC(=O)c1cc(=O)n(C)c(=O)n1C. The van der Waals surface area contributed by atoms with Crippen LogP contribution in [0.2, 0.25) is 0 Å². The lowest BCUT2D eigenvalue weighted by Crippen LogP contribution is -2.51. The van der Waals surface area contributed by atoms with Crippen LogP contribution >= 0.6 is 0 Å². The van der Waals surface area contributed by atoms with Gasteiger partial charge in [0.2, 0.25) is 0 Å². The van der Waals surface area contributed by atoms with Gasteiger partial charge >= 0.3 is 5.69 Å². The number of hydrogen-bond acceptors (Lipinski definition) is 4. The van der Waals surface area contributed by atoms with Gasteiger partial charge in [-0.3, -0.25) is 18.7 Å². The highest BCUT2D eigenvalue weighted by atomic mass is 16.3. The molecule has 0 radical (unpaired) electrons. The van der Waals surface area contributed by atoms with Crippen LogP contribution in [0.1, 0.15) is 30.3 Å². The van der Waals surface area contributed by atoms with E-state index in [1.54, 1.807) is 19.1 Å². The average molecular weight is 321 g/mol. The first-order valence-electron chi connectivity index (χ1n) is 7.20. The maximum Gasteiger partial charge on any atom is 0.331 e. The third-order valence-electron chi connectivity index (χ3n) is 3.91. The summed E-state index contributed by atoms with van der Waals surface area (Å²) in [5.74, 6) is -0.610. The van der Waals surface area contributed by atoms with Gasteiger partial charge in [-0.05, 0) is 19.8 Å². The van der Waals surface area contributed by atoms with E-state index in [1.807, 2.05) is 0 Å². The minimum absolute atomic E-state index is 0.0653. The highest BCUT2D eigenvalue weighted by molar-refractivity contribution is 5.92. The molecule has 7 nitrogen and oxygen atoms in total. The van der Waals surface area contributed by atoms with Gasteiger partial charge in [0.25, 0.3) is 11.5 Å². The smallest absolute Gasteiger partial charge is 0.331 e. The Morgan fingerprint density at radius 3 is 2.30 bits per heavy atom. The van der Waals surface area contributed by atoms with Crippen LogP contribution in [-0.4, -0.2) is 31.8 Å². The molecule has 1 atom stereocenters. The fourth-order valence-electron chi connectivity index (χ4n) is 2.29. The standard InChI is InChI=1S/C16H23N3O4/c1-6-8-16(23,9-7-2)11(3)17-14(21)12-10-13(20)19(5)15(22)18(12)4/h6-7,10-11,23H,1-2,8-9H2,3-5H3,(H,17,21). The lowest BCUT2D eigenvalue weighted by atomic mass is 9.88. The normalized spacial score (nSPS) is 12.5. The lowest BCUT2D eigenvalue weighted by molar-refractivity contribution is 0.0126. The van der Waals surface area contributed by atoms with E-state index in [0.29, 0.717) is 0 Å². The molecule has 1 aromatic heterocycles. The molecule has 1 aromatic rings. The molecule has 0 aliphatic rings. The molecule has 1 unspecified atom stereocenters. The van der Waals surface area contributed by atoms with Crippen molar-refractivity contribution in [1.82, 2.24) is 14.5 Å². The van der Waals surface area contributed by atoms with Crippen LogP contribution in [0.5, 0.6) is 0 Å². The molecular formula is C16H23N3O4. The molecule has 1 rings (SSSR count). The molecule has 2 N–H and O–H groups in total. The number of rotatable bonds is 7. The molecule has 23 heavy (non-hydrogen) atoms. The van der Waals surface area contributed by atoms with Crippen LogP contribution in [0.15, 0.2) is 41.0 Å². The van der Waals surface area contributed by atoms with Crippen molar-refractivity contribution in [3.63, 3.8) is 0 Å². The second-order valence-corrected chi connectivity index (χ2v) is 5.55. The summed E-state index contributed by atoms with van der Waals surface area (Å²) in [6.07, 6.45) is 3.63. The topological polar surface area (TPSA) is 93.3 Å². The quantitative estimate of drug-likeness (QED) is 0.696. The first-order chi connectivity index (χ1) is 10.7. The predicted molar refractivity (Wildman–Crippen MR) is 88.4 cm³/mol. The molecule has 1 amide bonds. The van der Waals surface area contributed by atoms with E-state index < -0.39 is 28.8 Å². The van der Waals surface area contributed by atoms with Crippen molar-refractivity contribution in [2.24, 2.45) is 14.1 Å². The van der Waals surface area contributed by atoms with E-state index in [1.165, 1.54) is 14.1 Å². The Kier molecular flexibility index (Phi) is 5.86. The molecule has 0 aliphatic carbocycles. The maximum atomic E-state index is 12.4. The molecule has 0 saturated heterocycles. The molecule has 0 bridgehead atoms. The summed E-state index contributed by atoms with van der Waals surface area (Å²) in [7, 11) is 2.74. The fourth-order valence-corrected chi connectivity index (χ4v) is 2.29. The third kappa shape index (κ3) is 3.87. The first kappa shape index (κ1) is 18.6. The fraction of sp³-hybridized carbons (Fsp3) is 0.438. The van der Waals surface area contributed by atoms with Crippen LogP contribution in [0.25, 0.3) is 0 Å². The van der Waals surface area contributed by atoms with Gasteiger partial charge in [0.05, 0.1) is 11.6 Å².